The summed E-state index contributed by atoms with van der Waals surface area (Å²) in [6.45, 7) is 4.38. The summed E-state index contributed by atoms with van der Waals surface area (Å²) in [4.78, 5) is 11.9. The second kappa shape index (κ2) is 9.38. The number of halogens is 1. The second-order valence-electron chi connectivity index (χ2n) is 5.16. The Labute approximate surface area is 149 Å². The summed E-state index contributed by atoms with van der Waals surface area (Å²) in [5.41, 5.74) is 0. The molecule has 1 amide bonds. The fourth-order valence-electron chi connectivity index (χ4n) is 1.82. The van der Waals surface area contributed by atoms with Crippen molar-refractivity contribution in [2.45, 2.75) is 30.4 Å². The lowest BCUT2D eigenvalue weighted by atomic mass is 10.3. The van der Waals surface area contributed by atoms with Crippen LogP contribution in [-0.2, 0) is 9.53 Å². The average molecular weight is 369 g/mol. The van der Waals surface area contributed by atoms with E-state index in [1.807, 2.05) is 0 Å². The van der Waals surface area contributed by atoms with Crippen LogP contribution in [0, 0.1) is 5.82 Å². The molecule has 0 bridgehead atoms. The third-order valence-electron chi connectivity index (χ3n) is 3.15. The summed E-state index contributed by atoms with van der Waals surface area (Å²) >= 11 is 1.16. The molecule has 25 heavy (non-hydrogen) atoms. The number of rotatable bonds is 9. The van der Waals surface area contributed by atoms with Crippen LogP contribution in [0.4, 0.5) is 4.39 Å². The maximum absolute atomic E-state index is 12.9. The molecule has 0 saturated heterocycles. The number of methoxy groups -OCH3 is 1. The van der Waals surface area contributed by atoms with E-state index in [1.165, 1.54) is 24.3 Å². The van der Waals surface area contributed by atoms with Crippen LogP contribution in [-0.4, -0.2) is 41.6 Å². The number of carbonyl (C=O) groups excluding carboxylic acids is 1. The van der Waals surface area contributed by atoms with E-state index in [-0.39, 0.29) is 22.8 Å². The summed E-state index contributed by atoms with van der Waals surface area (Å²) < 4.78 is 28.9. The van der Waals surface area contributed by atoms with Gasteiger partial charge in [0.2, 0.25) is 5.91 Å². The molecule has 1 N–H and O–H groups in total. The highest BCUT2D eigenvalue weighted by Gasteiger charge is 2.20. The Balaban J connectivity index is 1.88. The van der Waals surface area contributed by atoms with Crippen molar-refractivity contribution < 1.29 is 23.1 Å². The zero-order valence-corrected chi connectivity index (χ0v) is 15.0. The molecule has 1 aromatic carbocycles. The Kier molecular flexibility index (Phi) is 7.20. The summed E-state index contributed by atoms with van der Waals surface area (Å²) in [7, 11) is 1.57. The van der Waals surface area contributed by atoms with Crippen molar-refractivity contribution in [1.29, 1.82) is 0 Å². The average Bonchev–Trinajstić information content (AvgIpc) is 3.05. The number of hydrogen-bond acceptors (Lipinski definition) is 7. The first-order chi connectivity index (χ1) is 12.0. The van der Waals surface area contributed by atoms with Crippen molar-refractivity contribution in [3.8, 4) is 5.75 Å². The molecular weight excluding hydrogens is 349 g/mol. The van der Waals surface area contributed by atoms with Crippen LogP contribution in [0.5, 0.6) is 5.75 Å². The van der Waals surface area contributed by atoms with E-state index in [2.05, 4.69) is 15.5 Å². The predicted molar refractivity (Wildman–Crippen MR) is 89.9 cm³/mol. The largest absolute Gasteiger partial charge is 0.481 e. The Morgan fingerprint density at radius 1 is 1.32 bits per heavy atom. The van der Waals surface area contributed by atoms with E-state index in [0.29, 0.717) is 18.9 Å². The van der Waals surface area contributed by atoms with Crippen LogP contribution in [0.2, 0.25) is 0 Å². The van der Waals surface area contributed by atoms with Gasteiger partial charge in [0, 0.05) is 13.7 Å². The van der Waals surface area contributed by atoms with Gasteiger partial charge in [0.25, 0.3) is 11.1 Å². The number of hydrogen-bond donors (Lipinski definition) is 1. The number of aromatic nitrogens is 2. The topological polar surface area (TPSA) is 86.5 Å². The summed E-state index contributed by atoms with van der Waals surface area (Å²) in [5, 5.41) is 10.5. The van der Waals surface area contributed by atoms with E-state index < -0.39 is 11.4 Å². The standard InChI is InChI=1S/C16H20FN3O4S/c1-10(23-13-6-4-12(17)5-7-13)15-19-20-16(24-15)25-11(2)14(21)18-8-9-22-3/h4-7,10-11H,8-9H2,1-3H3,(H,18,21)/t10-,11-/m0/s1. The summed E-state index contributed by atoms with van der Waals surface area (Å²) in [6.07, 6.45) is -0.502. The Morgan fingerprint density at radius 2 is 2.04 bits per heavy atom. The van der Waals surface area contributed by atoms with Crippen LogP contribution >= 0.6 is 11.8 Å². The molecule has 0 fully saturated rings. The van der Waals surface area contributed by atoms with Gasteiger partial charge in [0.1, 0.15) is 11.6 Å². The van der Waals surface area contributed by atoms with E-state index in [0.717, 1.165) is 11.8 Å². The van der Waals surface area contributed by atoms with Gasteiger partial charge in [-0.15, -0.1) is 10.2 Å². The van der Waals surface area contributed by atoms with Crippen LogP contribution in [0.25, 0.3) is 0 Å². The Morgan fingerprint density at radius 3 is 2.72 bits per heavy atom. The molecule has 0 saturated carbocycles. The van der Waals surface area contributed by atoms with Gasteiger partial charge in [-0.25, -0.2) is 4.39 Å². The van der Waals surface area contributed by atoms with Crippen molar-refractivity contribution in [3.05, 3.63) is 36.0 Å². The lowest BCUT2D eigenvalue weighted by molar-refractivity contribution is -0.120. The third-order valence-corrected chi connectivity index (χ3v) is 4.08. The van der Waals surface area contributed by atoms with Gasteiger partial charge in [0.05, 0.1) is 11.9 Å². The molecule has 2 atom stereocenters. The second-order valence-corrected chi connectivity index (χ2v) is 6.46. The van der Waals surface area contributed by atoms with Crippen LogP contribution < -0.4 is 10.1 Å². The fraction of sp³-hybridized carbons (Fsp3) is 0.438. The lowest BCUT2D eigenvalue weighted by Gasteiger charge is -2.11. The molecule has 0 aliphatic carbocycles. The number of thioether (sulfide) groups is 1. The molecule has 0 spiro atoms. The van der Waals surface area contributed by atoms with E-state index in [9.17, 15) is 9.18 Å². The number of benzene rings is 1. The van der Waals surface area contributed by atoms with Crippen molar-refractivity contribution in [3.63, 3.8) is 0 Å². The monoisotopic (exact) mass is 369 g/mol. The predicted octanol–water partition coefficient (Wildman–Crippen LogP) is 2.59. The van der Waals surface area contributed by atoms with Gasteiger partial charge < -0.3 is 19.2 Å². The highest BCUT2D eigenvalue weighted by Crippen LogP contribution is 2.26. The maximum Gasteiger partial charge on any atom is 0.277 e. The summed E-state index contributed by atoms with van der Waals surface area (Å²) in [5.74, 6) is 0.290. The van der Waals surface area contributed by atoms with Gasteiger partial charge >= 0.3 is 0 Å². The first-order valence-electron chi connectivity index (χ1n) is 7.68. The lowest BCUT2D eigenvalue weighted by Crippen LogP contribution is -2.33. The Hall–Kier alpha value is -2.13. The molecule has 7 nitrogen and oxygen atoms in total. The maximum atomic E-state index is 12.9. The zero-order chi connectivity index (χ0) is 18.2. The minimum atomic E-state index is -0.502. The number of nitrogens with one attached hydrogen (secondary N) is 1. The highest BCUT2D eigenvalue weighted by atomic mass is 32.2. The SMILES string of the molecule is COCCNC(=O)[C@H](C)Sc1nnc([C@H](C)Oc2ccc(F)cc2)o1. The third kappa shape index (κ3) is 6.02. The van der Waals surface area contributed by atoms with E-state index in [1.54, 1.807) is 21.0 Å². The molecule has 0 radical (unpaired) electrons. The van der Waals surface area contributed by atoms with Crippen molar-refractivity contribution in [1.82, 2.24) is 15.5 Å². The molecule has 2 aromatic rings. The van der Waals surface area contributed by atoms with Crippen LogP contribution in [0.3, 0.4) is 0 Å². The van der Waals surface area contributed by atoms with Crippen molar-refractivity contribution >= 4 is 17.7 Å². The van der Waals surface area contributed by atoms with Crippen molar-refractivity contribution in [2.24, 2.45) is 0 Å². The van der Waals surface area contributed by atoms with Crippen LogP contribution in [0.15, 0.2) is 33.9 Å². The van der Waals surface area contributed by atoms with Gasteiger partial charge in [-0.1, -0.05) is 11.8 Å². The summed E-state index contributed by atoms with van der Waals surface area (Å²) in [6, 6.07) is 5.65. The molecule has 1 heterocycles. The molecule has 0 unspecified atom stereocenters. The highest BCUT2D eigenvalue weighted by molar-refractivity contribution is 8.00. The quantitative estimate of drug-likeness (QED) is 0.537. The molecular formula is C16H20FN3O4S. The Bertz CT molecular complexity index is 680. The molecule has 1 aromatic heterocycles. The molecule has 0 aliphatic heterocycles. The first kappa shape index (κ1) is 19.2. The normalized spacial score (nSPS) is 13.3. The fourth-order valence-corrected chi connectivity index (χ4v) is 2.54. The van der Waals surface area contributed by atoms with Gasteiger partial charge in [-0.2, -0.15) is 0 Å². The zero-order valence-electron chi connectivity index (χ0n) is 14.2. The van der Waals surface area contributed by atoms with Gasteiger partial charge in [-0.3, -0.25) is 4.79 Å². The molecule has 0 aliphatic rings. The smallest absolute Gasteiger partial charge is 0.277 e. The van der Waals surface area contributed by atoms with Crippen LogP contribution in [0.1, 0.15) is 25.8 Å². The molecule has 9 heteroatoms. The number of amides is 1. The molecule has 136 valence electrons. The first-order valence-corrected chi connectivity index (χ1v) is 8.56. The number of ether oxygens (including phenoxy) is 2. The van der Waals surface area contributed by atoms with Gasteiger partial charge in [0.15, 0.2) is 6.10 Å². The number of carbonyl (C=O) groups is 1. The molecule has 2 rings (SSSR count). The van der Waals surface area contributed by atoms with Crippen molar-refractivity contribution in [2.75, 3.05) is 20.3 Å². The van der Waals surface area contributed by atoms with E-state index in [4.69, 9.17) is 13.9 Å². The minimum Gasteiger partial charge on any atom is -0.481 e. The number of nitrogens with zero attached hydrogens (tertiary/aromatic N) is 2. The minimum absolute atomic E-state index is 0.141. The van der Waals surface area contributed by atoms with E-state index >= 15 is 0 Å². The van der Waals surface area contributed by atoms with Gasteiger partial charge in [-0.05, 0) is 38.1 Å².